The number of halogens is 1. The topological polar surface area (TPSA) is 41.9 Å². The first kappa shape index (κ1) is 18.9. The van der Waals surface area contributed by atoms with Gasteiger partial charge in [0.2, 0.25) is 5.95 Å². The van der Waals surface area contributed by atoms with E-state index >= 15 is 0 Å². The van der Waals surface area contributed by atoms with Crippen molar-refractivity contribution in [3.05, 3.63) is 81.9 Å². The number of aromatic nitrogens is 3. The largest absolute Gasteiger partial charge is 0.340 e. The Kier molecular flexibility index (Phi) is 5.58. The van der Waals surface area contributed by atoms with Gasteiger partial charge in [-0.05, 0) is 68.5 Å². The van der Waals surface area contributed by atoms with Crippen molar-refractivity contribution in [2.45, 2.75) is 39.0 Å². The molecule has 4 nitrogen and oxygen atoms in total. The van der Waals surface area contributed by atoms with Gasteiger partial charge in [-0.3, -0.25) is 4.98 Å². The van der Waals surface area contributed by atoms with Crippen molar-refractivity contribution in [2.75, 3.05) is 18.0 Å². The van der Waals surface area contributed by atoms with Crippen LogP contribution in [0.1, 0.15) is 47.0 Å². The molecule has 0 N–H and O–H groups in total. The van der Waals surface area contributed by atoms with Crippen molar-refractivity contribution < 1.29 is 0 Å². The number of nitrogens with zero attached hydrogens (tertiary/aromatic N) is 4. The Morgan fingerprint density at radius 2 is 1.71 bits per heavy atom. The lowest BCUT2D eigenvalue weighted by molar-refractivity contribution is 0.494. The minimum absolute atomic E-state index is 0.419. The van der Waals surface area contributed by atoms with E-state index in [1.165, 1.54) is 11.1 Å². The van der Waals surface area contributed by atoms with Gasteiger partial charge in [-0.15, -0.1) is 0 Å². The maximum Gasteiger partial charge on any atom is 0.225 e. The molecule has 1 aliphatic heterocycles. The zero-order valence-electron chi connectivity index (χ0n) is 16.4. The second kappa shape index (κ2) is 8.27. The Morgan fingerprint density at radius 1 is 1.00 bits per heavy atom. The summed E-state index contributed by atoms with van der Waals surface area (Å²) in [5, 5.41) is 0.770. The highest BCUT2D eigenvalue weighted by Gasteiger charge is 2.24. The molecule has 28 heavy (non-hydrogen) atoms. The molecule has 0 radical (unpaired) electrons. The summed E-state index contributed by atoms with van der Waals surface area (Å²) in [5.41, 5.74) is 5.67. The molecule has 0 bridgehead atoms. The molecule has 4 rings (SSSR count). The number of rotatable bonds is 4. The van der Waals surface area contributed by atoms with Gasteiger partial charge in [0, 0.05) is 47.3 Å². The van der Waals surface area contributed by atoms with Crippen LogP contribution in [-0.4, -0.2) is 28.0 Å². The third kappa shape index (κ3) is 4.50. The monoisotopic (exact) mass is 392 g/mol. The lowest BCUT2D eigenvalue weighted by atomic mass is 9.94. The van der Waals surface area contributed by atoms with Gasteiger partial charge in [0.05, 0.1) is 0 Å². The number of piperidine rings is 1. The Morgan fingerprint density at radius 3 is 2.39 bits per heavy atom. The van der Waals surface area contributed by atoms with Crippen molar-refractivity contribution in [3.63, 3.8) is 0 Å². The molecule has 1 fully saturated rings. The van der Waals surface area contributed by atoms with Crippen LogP contribution in [0.15, 0.2) is 48.7 Å². The average molecular weight is 393 g/mol. The van der Waals surface area contributed by atoms with Crippen LogP contribution < -0.4 is 4.90 Å². The van der Waals surface area contributed by atoms with Crippen LogP contribution in [0.25, 0.3) is 0 Å². The standard InChI is InChI=1S/C23H25ClN4/c1-16-12-17(2)27-23(26-16)28-11-3-4-20(15-28)22-10-7-19(14-25-22)13-18-5-8-21(24)9-6-18/h5-10,12,14,20H,3-4,11,13,15H2,1-2H3/t20-/m1/s1. The number of aryl methyl sites for hydroxylation is 2. The maximum absolute atomic E-state index is 5.97. The minimum Gasteiger partial charge on any atom is -0.340 e. The van der Waals surface area contributed by atoms with Crippen LogP contribution in [0.2, 0.25) is 5.02 Å². The molecular formula is C23H25ClN4. The molecule has 3 heterocycles. The fourth-order valence-electron chi connectivity index (χ4n) is 3.87. The quantitative estimate of drug-likeness (QED) is 0.618. The highest BCUT2D eigenvalue weighted by atomic mass is 35.5. The summed E-state index contributed by atoms with van der Waals surface area (Å²) < 4.78 is 0. The summed E-state index contributed by atoms with van der Waals surface area (Å²) in [4.78, 5) is 16.4. The highest BCUT2D eigenvalue weighted by Crippen LogP contribution is 2.28. The highest BCUT2D eigenvalue weighted by molar-refractivity contribution is 6.30. The molecule has 1 aromatic carbocycles. The molecule has 0 saturated carbocycles. The zero-order chi connectivity index (χ0) is 19.5. The summed E-state index contributed by atoms with van der Waals surface area (Å²) in [5.74, 6) is 1.27. The molecule has 1 saturated heterocycles. The van der Waals surface area contributed by atoms with E-state index in [1.54, 1.807) is 0 Å². The van der Waals surface area contributed by atoms with E-state index in [0.717, 1.165) is 60.4 Å². The molecule has 5 heteroatoms. The van der Waals surface area contributed by atoms with Gasteiger partial charge in [0.25, 0.3) is 0 Å². The Hall–Kier alpha value is -2.46. The molecule has 3 aromatic rings. The molecule has 0 spiro atoms. The van der Waals surface area contributed by atoms with Crippen molar-refractivity contribution in [1.82, 2.24) is 15.0 Å². The Labute approximate surface area is 171 Å². The number of pyridine rings is 1. The smallest absolute Gasteiger partial charge is 0.225 e. The Bertz CT molecular complexity index is 918. The van der Waals surface area contributed by atoms with Crippen LogP contribution in [0, 0.1) is 13.8 Å². The van der Waals surface area contributed by atoms with E-state index in [-0.39, 0.29) is 0 Å². The van der Waals surface area contributed by atoms with Crippen LogP contribution in [0.4, 0.5) is 5.95 Å². The minimum atomic E-state index is 0.419. The van der Waals surface area contributed by atoms with Crippen LogP contribution in [-0.2, 0) is 6.42 Å². The van der Waals surface area contributed by atoms with E-state index in [1.807, 2.05) is 38.2 Å². The van der Waals surface area contributed by atoms with Crippen molar-refractivity contribution in [1.29, 1.82) is 0 Å². The van der Waals surface area contributed by atoms with E-state index in [2.05, 4.69) is 39.1 Å². The van der Waals surface area contributed by atoms with Crippen molar-refractivity contribution >= 4 is 17.5 Å². The van der Waals surface area contributed by atoms with Crippen molar-refractivity contribution in [3.8, 4) is 0 Å². The van der Waals surface area contributed by atoms with Crippen LogP contribution in [0.5, 0.6) is 0 Å². The fraction of sp³-hybridized carbons (Fsp3) is 0.348. The second-order valence-electron chi connectivity index (χ2n) is 7.63. The molecule has 0 amide bonds. The lowest BCUT2D eigenvalue weighted by Gasteiger charge is -2.32. The van der Waals surface area contributed by atoms with Gasteiger partial charge < -0.3 is 4.90 Å². The first-order chi connectivity index (χ1) is 13.6. The number of benzene rings is 1. The lowest BCUT2D eigenvalue weighted by Crippen LogP contribution is -2.36. The summed E-state index contributed by atoms with van der Waals surface area (Å²) >= 11 is 5.97. The molecule has 1 aliphatic rings. The second-order valence-corrected chi connectivity index (χ2v) is 8.07. The third-order valence-corrected chi connectivity index (χ3v) is 5.51. The third-order valence-electron chi connectivity index (χ3n) is 5.26. The SMILES string of the molecule is Cc1cc(C)nc(N2CCC[C@@H](c3ccc(Cc4ccc(Cl)cc4)cn3)C2)n1. The number of hydrogen-bond acceptors (Lipinski definition) is 4. The van der Waals surface area contributed by atoms with E-state index < -0.39 is 0 Å². The molecular weight excluding hydrogens is 368 g/mol. The van der Waals surface area contributed by atoms with Crippen LogP contribution in [0.3, 0.4) is 0 Å². The van der Waals surface area contributed by atoms with Crippen LogP contribution >= 0.6 is 11.6 Å². The Balaban J connectivity index is 1.45. The summed E-state index contributed by atoms with van der Waals surface area (Å²) in [7, 11) is 0. The van der Waals surface area contributed by atoms with Gasteiger partial charge in [-0.2, -0.15) is 0 Å². The molecule has 1 atom stereocenters. The van der Waals surface area contributed by atoms with Gasteiger partial charge in [0.1, 0.15) is 0 Å². The summed E-state index contributed by atoms with van der Waals surface area (Å²) in [6, 6.07) is 14.4. The van der Waals surface area contributed by atoms with Crippen molar-refractivity contribution in [2.24, 2.45) is 0 Å². The van der Waals surface area contributed by atoms with Gasteiger partial charge >= 0.3 is 0 Å². The number of anilines is 1. The summed E-state index contributed by atoms with van der Waals surface area (Å²) in [6.45, 7) is 5.99. The van der Waals surface area contributed by atoms with E-state index in [4.69, 9.17) is 16.6 Å². The molecule has 0 unspecified atom stereocenters. The van der Waals surface area contributed by atoms with Gasteiger partial charge in [0.15, 0.2) is 0 Å². The fourth-order valence-corrected chi connectivity index (χ4v) is 3.99. The zero-order valence-corrected chi connectivity index (χ0v) is 17.2. The summed E-state index contributed by atoms with van der Waals surface area (Å²) in [6.07, 6.45) is 5.17. The predicted octanol–water partition coefficient (Wildman–Crippen LogP) is 5.12. The normalized spacial score (nSPS) is 17.0. The maximum atomic E-state index is 5.97. The number of hydrogen-bond donors (Lipinski definition) is 0. The van der Waals surface area contributed by atoms with E-state index in [0.29, 0.717) is 5.92 Å². The van der Waals surface area contributed by atoms with E-state index in [9.17, 15) is 0 Å². The molecule has 0 aliphatic carbocycles. The van der Waals surface area contributed by atoms with Gasteiger partial charge in [-0.1, -0.05) is 29.8 Å². The average Bonchev–Trinajstić information content (AvgIpc) is 2.70. The predicted molar refractivity (Wildman–Crippen MR) is 114 cm³/mol. The first-order valence-corrected chi connectivity index (χ1v) is 10.2. The first-order valence-electron chi connectivity index (χ1n) is 9.83. The van der Waals surface area contributed by atoms with Gasteiger partial charge in [-0.25, -0.2) is 9.97 Å². The molecule has 2 aromatic heterocycles. The molecule has 144 valence electrons.